The van der Waals surface area contributed by atoms with Crippen LogP contribution in [0.3, 0.4) is 0 Å². The zero-order chi connectivity index (χ0) is 15.6. The highest BCUT2D eigenvalue weighted by Crippen LogP contribution is 2.31. The number of carboxylic acids is 1. The largest absolute Gasteiger partial charge is 0.478 e. The van der Waals surface area contributed by atoms with Crippen LogP contribution in [0, 0.1) is 19.5 Å². The predicted molar refractivity (Wildman–Crippen MR) is 82.5 cm³/mol. The molecule has 2 aromatic carbocycles. The summed E-state index contributed by atoms with van der Waals surface area (Å²) < 4.78 is 13.7. The van der Waals surface area contributed by atoms with E-state index in [1.807, 2.05) is 0 Å². The van der Waals surface area contributed by atoms with Gasteiger partial charge in [0.2, 0.25) is 0 Å². The molecular weight excluding hydrogens is 394 g/mol. The normalized spacial score (nSPS) is 10.2. The highest BCUT2D eigenvalue weighted by molar-refractivity contribution is 14.1. The third-order valence-electron chi connectivity index (χ3n) is 2.62. The molecule has 0 saturated heterocycles. The Labute approximate surface area is 131 Å². The van der Waals surface area contributed by atoms with E-state index in [0.717, 1.165) is 12.1 Å². The summed E-state index contributed by atoms with van der Waals surface area (Å²) in [4.78, 5) is 21.2. The second-order valence-corrected chi connectivity index (χ2v) is 5.21. The third kappa shape index (κ3) is 3.45. The standard InChI is InChI=1S/C13H8FIN2O4/c14-9-5-11(12(17(20)21)6-10(9)15)16-8-3-1-2-7(4-8)13(18)19/h1-6,16H,(H,18,19). The van der Waals surface area contributed by atoms with Crippen molar-refractivity contribution in [2.75, 3.05) is 5.32 Å². The summed E-state index contributed by atoms with van der Waals surface area (Å²) in [6.45, 7) is 0. The number of hydrogen-bond acceptors (Lipinski definition) is 4. The van der Waals surface area contributed by atoms with Crippen LogP contribution in [-0.2, 0) is 0 Å². The van der Waals surface area contributed by atoms with Crippen LogP contribution in [0.4, 0.5) is 21.5 Å². The third-order valence-corrected chi connectivity index (χ3v) is 3.45. The summed E-state index contributed by atoms with van der Waals surface area (Å²) in [6.07, 6.45) is 0. The lowest BCUT2D eigenvalue weighted by molar-refractivity contribution is -0.384. The lowest BCUT2D eigenvalue weighted by Crippen LogP contribution is -2.01. The number of rotatable bonds is 4. The van der Waals surface area contributed by atoms with E-state index >= 15 is 0 Å². The molecule has 6 nitrogen and oxygen atoms in total. The summed E-state index contributed by atoms with van der Waals surface area (Å²) in [7, 11) is 0. The van der Waals surface area contributed by atoms with Crippen molar-refractivity contribution in [1.29, 1.82) is 0 Å². The number of halogens is 2. The SMILES string of the molecule is O=C(O)c1cccc(Nc2cc(F)c(I)cc2[N+](=O)[O-])c1. The van der Waals surface area contributed by atoms with Gasteiger partial charge in [-0.25, -0.2) is 9.18 Å². The molecule has 0 radical (unpaired) electrons. The Hall–Kier alpha value is -2.23. The van der Waals surface area contributed by atoms with Gasteiger partial charge in [0, 0.05) is 17.8 Å². The van der Waals surface area contributed by atoms with Gasteiger partial charge >= 0.3 is 5.97 Å². The van der Waals surface area contributed by atoms with Crippen LogP contribution >= 0.6 is 22.6 Å². The second-order valence-electron chi connectivity index (χ2n) is 4.05. The van der Waals surface area contributed by atoms with Crippen molar-refractivity contribution in [3.8, 4) is 0 Å². The molecule has 2 rings (SSSR count). The first-order valence-corrected chi connectivity index (χ1v) is 6.70. The maximum atomic E-state index is 13.6. The van der Waals surface area contributed by atoms with Crippen molar-refractivity contribution >= 4 is 45.6 Å². The zero-order valence-electron chi connectivity index (χ0n) is 10.3. The van der Waals surface area contributed by atoms with Gasteiger partial charge in [-0.1, -0.05) is 6.07 Å². The maximum absolute atomic E-state index is 13.6. The Kier molecular flexibility index (Phi) is 4.36. The number of nitro benzene ring substituents is 1. The van der Waals surface area contributed by atoms with E-state index in [1.165, 1.54) is 24.3 Å². The van der Waals surface area contributed by atoms with Gasteiger partial charge in [-0.3, -0.25) is 10.1 Å². The zero-order valence-corrected chi connectivity index (χ0v) is 12.5. The van der Waals surface area contributed by atoms with Gasteiger partial charge in [-0.05, 0) is 40.8 Å². The summed E-state index contributed by atoms with van der Waals surface area (Å²) >= 11 is 1.66. The van der Waals surface area contributed by atoms with Crippen LogP contribution in [0.5, 0.6) is 0 Å². The number of anilines is 2. The van der Waals surface area contributed by atoms with E-state index in [4.69, 9.17) is 5.11 Å². The lowest BCUT2D eigenvalue weighted by atomic mass is 10.2. The Balaban J connectivity index is 2.43. The first-order chi connectivity index (χ1) is 9.88. The molecule has 0 bridgehead atoms. The van der Waals surface area contributed by atoms with Crippen molar-refractivity contribution in [2.24, 2.45) is 0 Å². The Morgan fingerprint density at radius 2 is 2.05 bits per heavy atom. The Bertz CT molecular complexity index is 736. The first kappa shape index (κ1) is 15.2. The molecule has 2 aromatic rings. The van der Waals surface area contributed by atoms with E-state index in [1.54, 1.807) is 22.6 Å². The highest BCUT2D eigenvalue weighted by atomic mass is 127. The van der Waals surface area contributed by atoms with Crippen LogP contribution in [0.2, 0.25) is 0 Å². The lowest BCUT2D eigenvalue weighted by Gasteiger charge is -2.08. The molecule has 0 unspecified atom stereocenters. The van der Waals surface area contributed by atoms with Crippen molar-refractivity contribution in [3.63, 3.8) is 0 Å². The topological polar surface area (TPSA) is 92.5 Å². The second kappa shape index (κ2) is 6.04. The minimum absolute atomic E-state index is 0.0219. The van der Waals surface area contributed by atoms with E-state index in [0.29, 0.717) is 5.69 Å². The fraction of sp³-hybridized carbons (Fsp3) is 0. The number of carboxylic acid groups (broad SMARTS) is 1. The molecule has 0 saturated carbocycles. The predicted octanol–water partition coefficient (Wildman–Crippen LogP) is 3.78. The van der Waals surface area contributed by atoms with Crippen LogP contribution in [0.15, 0.2) is 36.4 Å². The van der Waals surface area contributed by atoms with E-state index < -0.39 is 16.7 Å². The Morgan fingerprint density at radius 1 is 1.33 bits per heavy atom. The van der Waals surface area contributed by atoms with Gasteiger partial charge in [-0.2, -0.15) is 0 Å². The van der Waals surface area contributed by atoms with Crippen LogP contribution in [-0.4, -0.2) is 16.0 Å². The molecule has 8 heteroatoms. The molecule has 0 aliphatic heterocycles. The number of nitrogens with one attached hydrogen (secondary N) is 1. The smallest absolute Gasteiger partial charge is 0.335 e. The number of benzene rings is 2. The summed E-state index contributed by atoms with van der Waals surface area (Å²) in [5.41, 5.74) is 0.00854. The van der Waals surface area contributed by atoms with Gasteiger partial charge in [0.1, 0.15) is 11.5 Å². The van der Waals surface area contributed by atoms with Gasteiger partial charge in [0.05, 0.1) is 14.1 Å². The van der Waals surface area contributed by atoms with Crippen molar-refractivity contribution in [1.82, 2.24) is 0 Å². The number of hydrogen-bond donors (Lipinski definition) is 2. The number of nitro groups is 1. The molecule has 0 heterocycles. The van der Waals surface area contributed by atoms with Crippen LogP contribution in [0.25, 0.3) is 0 Å². The quantitative estimate of drug-likeness (QED) is 0.462. The Morgan fingerprint density at radius 3 is 2.67 bits per heavy atom. The van der Waals surface area contributed by atoms with E-state index in [-0.39, 0.29) is 20.5 Å². The molecule has 0 aromatic heterocycles. The van der Waals surface area contributed by atoms with Crippen LogP contribution in [0.1, 0.15) is 10.4 Å². The molecule has 0 aliphatic rings. The fourth-order valence-corrected chi connectivity index (χ4v) is 2.12. The summed E-state index contributed by atoms with van der Waals surface area (Å²) in [5.74, 6) is -1.72. The van der Waals surface area contributed by atoms with E-state index in [2.05, 4.69) is 5.32 Å². The highest BCUT2D eigenvalue weighted by Gasteiger charge is 2.18. The monoisotopic (exact) mass is 402 g/mol. The van der Waals surface area contributed by atoms with Crippen molar-refractivity contribution in [3.05, 3.63) is 61.5 Å². The summed E-state index contributed by atoms with van der Waals surface area (Å²) in [5, 5.41) is 22.6. The van der Waals surface area contributed by atoms with Gasteiger partial charge in [0.15, 0.2) is 0 Å². The first-order valence-electron chi connectivity index (χ1n) is 5.62. The number of nitrogens with zero attached hydrogens (tertiary/aromatic N) is 1. The van der Waals surface area contributed by atoms with Gasteiger partial charge < -0.3 is 10.4 Å². The molecule has 0 amide bonds. The average molecular weight is 402 g/mol. The van der Waals surface area contributed by atoms with Gasteiger partial charge in [0.25, 0.3) is 5.69 Å². The summed E-state index contributed by atoms with van der Waals surface area (Å²) in [6, 6.07) is 7.83. The molecule has 0 fully saturated rings. The molecule has 2 N–H and O–H groups in total. The molecule has 0 spiro atoms. The van der Waals surface area contributed by atoms with Crippen molar-refractivity contribution in [2.45, 2.75) is 0 Å². The molecule has 108 valence electrons. The molecule has 0 aliphatic carbocycles. The molecular formula is C13H8FIN2O4. The van der Waals surface area contributed by atoms with Crippen LogP contribution < -0.4 is 5.32 Å². The van der Waals surface area contributed by atoms with Gasteiger partial charge in [-0.15, -0.1) is 0 Å². The minimum Gasteiger partial charge on any atom is -0.478 e. The minimum atomic E-state index is -1.12. The number of aromatic carboxylic acids is 1. The fourth-order valence-electron chi connectivity index (χ4n) is 1.67. The molecule has 21 heavy (non-hydrogen) atoms. The van der Waals surface area contributed by atoms with Crippen molar-refractivity contribution < 1.29 is 19.2 Å². The average Bonchev–Trinajstić information content (AvgIpc) is 2.42. The maximum Gasteiger partial charge on any atom is 0.335 e. The van der Waals surface area contributed by atoms with E-state index in [9.17, 15) is 19.3 Å². The number of carbonyl (C=O) groups is 1. The molecule has 0 atom stereocenters.